The lowest BCUT2D eigenvalue weighted by atomic mass is 9.82. The van der Waals surface area contributed by atoms with Gasteiger partial charge >= 0.3 is 0 Å². The van der Waals surface area contributed by atoms with E-state index in [1.54, 1.807) is 0 Å². The number of amides is 2. The molecule has 0 unspecified atom stereocenters. The highest BCUT2D eigenvalue weighted by Gasteiger charge is 2.52. The summed E-state index contributed by atoms with van der Waals surface area (Å²) in [5, 5.41) is 0. The summed E-state index contributed by atoms with van der Waals surface area (Å²) in [5.74, 6) is 2.69. The Hall–Kier alpha value is -1.98. The minimum Gasteiger partial charge on any atom is -0.337 e. The van der Waals surface area contributed by atoms with Crippen molar-refractivity contribution >= 4 is 11.8 Å². The van der Waals surface area contributed by atoms with Crippen molar-refractivity contribution in [2.24, 2.45) is 23.7 Å². The van der Waals surface area contributed by atoms with Crippen molar-refractivity contribution in [3.05, 3.63) is 23.8 Å². The number of rotatable bonds is 2. The van der Waals surface area contributed by atoms with Crippen LogP contribution in [0.5, 0.6) is 0 Å². The first-order valence-corrected chi connectivity index (χ1v) is 10.1. The summed E-state index contributed by atoms with van der Waals surface area (Å²) in [7, 11) is 0. The number of carbonyl (C=O) groups is 2. The van der Waals surface area contributed by atoms with Gasteiger partial charge in [0.05, 0.1) is 0 Å². The molecule has 2 aliphatic carbocycles. The van der Waals surface area contributed by atoms with E-state index < -0.39 is 0 Å². The molecule has 3 heterocycles. The third-order valence-corrected chi connectivity index (χ3v) is 7.17. The van der Waals surface area contributed by atoms with Crippen molar-refractivity contribution in [3.8, 4) is 0 Å². The molecule has 0 radical (unpaired) electrons. The van der Waals surface area contributed by atoms with Crippen LogP contribution in [0, 0.1) is 23.7 Å². The van der Waals surface area contributed by atoms with Gasteiger partial charge in [-0.1, -0.05) is 0 Å². The second-order valence-electron chi connectivity index (χ2n) is 8.48. The summed E-state index contributed by atoms with van der Waals surface area (Å²) in [6.45, 7) is 3.16. The number of fused-ring (bicyclic) bond motifs is 5. The summed E-state index contributed by atoms with van der Waals surface area (Å²) < 4.78 is 0. The molecule has 138 valence electrons. The van der Waals surface area contributed by atoms with Crippen LogP contribution in [0.4, 0.5) is 0 Å². The van der Waals surface area contributed by atoms with Gasteiger partial charge in [-0.05, 0) is 62.2 Å². The molecule has 4 fully saturated rings. The molecule has 26 heavy (non-hydrogen) atoms. The molecule has 6 heteroatoms. The number of nitrogens with zero attached hydrogens (tertiary/aromatic N) is 4. The average Bonchev–Trinajstić information content (AvgIpc) is 3.40. The summed E-state index contributed by atoms with van der Waals surface area (Å²) in [5.41, 5.74) is 0.481. The number of piperidine rings is 1. The predicted molar refractivity (Wildman–Crippen MR) is 95.5 cm³/mol. The summed E-state index contributed by atoms with van der Waals surface area (Å²) in [6.07, 6.45) is 10.3. The highest BCUT2D eigenvalue weighted by Crippen LogP contribution is 2.55. The molecule has 2 bridgehead atoms. The standard InChI is InChI=1S/C20H26N4O2/c25-19(23-8-2-1-3-9-23)17-18(22-7-6-21-17)20(26)24-11-15-13-4-5-14(10-13)16(15)12-24/h6-7,13-16H,1-5,8-12H2/t13-,14+,15-,16+. The molecule has 1 aromatic rings. The van der Waals surface area contributed by atoms with Gasteiger partial charge in [0, 0.05) is 38.6 Å². The van der Waals surface area contributed by atoms with E-state index >= 15 is 0 Å². The summed E-state index contributed by atoms with van der Waals surface area (Å²) >= 11 is 0. The van der Waals surface area contributed by atoms with Crippen LogP contribution in [-0.2, 0) is 0 Å². The van der Waals surface area contributed by atoms with Crippen LogP contribution in [0.3, 0.4) is 0 Å². The van der Waals surface area contributed by atoms with Gasteiger partial charge in [0.2, 0.25) is 0 Å². The lowest BCUT2D eigenvalue weighted by Crippen LogP contribution is -2.39. The maximum absolute atomic E-state index is 13.2. The van der Waals surface area contributed by atoms with E-state index in [0.29, 0.717) is 11.8 Å². The van der Waals surface area contributed by atoms with E-state index in [0.717, 1.165) is 57.3 Å². The van der Waals surface area contributed by atoms with E-state index in [1.165, 1.54) is 31.7 Å². The van der Waals surface area contributed by atoms with Crippen molar-refractivity contribution in [1.29, 1.82) is 0 Å². The van der Waals surface area contributed by atoms with Crippen LogP contribution in [-0.4, -0.2) is 57.8 Å². The second kappa shape index (κ2) is 6.32. The monoisotopic (exact) mass is 354 g/mol. The fraction of sp³-hybridized carbons (Fsp3) is 0.700. The normalized spacial score (nSPS) is 32.8. The molecular formula is C20H26N4O2. The number of aromatic nitrogens is 2. The van der Waals surface area contributed by atoms with Gasteiger partial charge in [0.15, 0.2) is 11.4 Å². The topological polar surface area (TPSA) is 66.4 Å². The summed E-state index contributed by atoms with van der Waals surface area (Å²) in [4.78, 5) is 38.4. The van der Waals surface area contributed by atoms with E-state index in [-0.39, 0.29) is 23.2 Å². The van der Waals surface area contributed by atoms with Gasteiger partial charge in [0.25, 0.3) is 11.8 Å². The van der Waals surface area contributed by atoms with Gasteiger partial charge in [-0.15, -0.1) is 0 Å². The third-order valence-electron chi connectivity index (χ3n) is 7.17. The predicted octanol–water partition coefficient (Wildman–Crippen LogP) is 2.22. The van der Waals surface area contributed by atoms with Crippen molar-refractivity contribution in [1.82, 2.24) is 19.8 Å². The molecule has 1 aromatic heterocycles. The lowest BCUT2D eigenvalue weighted by molar-refractivity contribution is 0.0694. The molecule has 4 atom stereocenters. The van der Waals surface area contributed by atoms with Gasteiger partial charge in [-0.3, -0.25) is 9.59 Å². The fourth-order valence-electron chi connectivity index (χ4n) is 5.90. The Balaban J connectivity index is 1.37. The van der Waals surface area contributed by atoms with Crippen molar-refractivity contribution in [2.45, 2.75) is 38.5 Å². The SMILES string of the molecule is O=C(c1nccnc1C(=O)N1C[C@@H]2[C@@H]3CC[C@@H](C3)[C@@H]2C1)N1CCCCC1. The van der Waals surface area contributed by atoms with Crippen molar-refractivity contribution in [3.63, 3.8) is 0 Å². The number of carbonyl (C=O) groups excluding carboxylic acids is 2. The van der Waals surface area contributed by atoms with Gasteiger partial charge in [-0.2, -0.15) is 0 Å². The van der Waals surface area contributed by atoms with Gasteiger partial charge in [0.1, 0.15) is 0 Å². The maximum Gasteiger partial charge on any atom is 0.274 e. The molecular weight excluding hydrogens is 328 g/mol. The average molecular weight is 354 g/mol. The molecule has 2 aliphatic heterocycles. The number of likely N-dealkylation sites (tertiary alicyclic amines) is 2. The van der Waals surface area contributed by atoms with E-state index in [4.69, 9.17) is 0 Å². The van der Waals surface area contributed by atoms with E-state index in [2.05, 4.69) is 9.97 Å². The minimum absolute atomic E-state index is 0.104. The molecule has 4 aliphatic rings. The van der Waals surface area contributed by atoms with Crippen LogP contribution in [0.25, 0.3) is 0 Å². The molecule has 6 nitrogen and oxygen atoms in total. The highest BCUT2D eigenvalue weighted by atomic mass is 16.2. The molecule has 0 N–H and O–H groups in total. The maximum atomic E-state index is 13.2. The Kier molecular flexibility index (Phi) is 3.94. The van der Waals surface area contributed by atoms with Crippen LogP contribution in [0.15, 0.2) is 12.4 Å². The Morgan fingerprint density at radius 2 is 1.35 bits per heavy atom. The Morgan fingerprint density at radius 3 is 1.92 bits per heavy atom. The molecule has 0 aromatic carbocycles. The smallest absolute Gasteiger partial charge is 0.274 e. The van der Waals surface area contributed by atoms with Gasteiger partial charge < -0.3 is 9.80 Å². The first-order chi connectivity index (χ1) is 12.7. The van der Waals surface area contributed by atoms with Crippen LogP contribution >= 0.6 is 0 Å². The zero-order valence-corrected chi connectivity index (χ0v) is 15.1. The first-order valence-electron chi connectivity index (χ1n) is 10.1. The second-order valence-corrected chi connectivity index (χ2v) is 8.48. The fourth-order valence-corrected chi connectivity index (χ4v) is 5.90. The quantitative estimate of drug-likeness (QED) is 0.817. The zero-order chi connectivity index (χ0) is 17.7. The molecule has 2 saturated carbocycles. The van der Waals surface area contributed by atoms with Crippen LogP contribution < -0.4 is 0 Å². The van der Waals surface area contributed by atoms with Gasteiger partial charge in [-0.25, -0.2) is 9.97 Å². The lowest BCUT2D eigenvalue weighted by Gasteiger charge is -2.27. The van der Waals surface area contributed by atoms with E-state index in [9.17, 15) is 9.59 Å². The Labute approximate surface area is 154 Å². The van der Waals surface area contributed by atoms with Crippen molar-refractivity contribution < 1.29 is 9.59 Å². The summed E-state index contributed by atoms with van der Waals surface area (Å²) in [6, 6.07) is 0. The van der Waals surface area contributed by atoms with E-state index in [1.807, 2.05) is 9.80 Å². The van der Waals surface area contributed by atoms with Crippen LogP contribution in [0.1, 0.15) is 59.5 Å². The number of hydrogen-bond donors (Lipinski definition) is 0. The molecule has 2 amide bonds. The van der Waals surface area contributed by atoms with Crippen LogP contribution in [0.2, 0.25) is 0 Å². The molecule has 2 saturated heterocycles. The molecule has 0 spiro atoms. The van der Waals surface area contributed by atoms with Crippen molar-refractivity contribution in [2.75, 3.05) is 26.2 Å². The minimum atomic E-state index is -0.138. The molecule has 5 rings (SSSR count). The first kappa shape index (κ1) is 16.2. The highest BCUT2D eigenvalue weighted by molar-refractivity contribution is 6.04. The zero-order valence-electron chi connectivity index (χ0n) is 15.1. The largest absolute Gasteiger partial charge is 0.337 e. The Morgan fingerprint density at radius 1 is 0.808 bits per heavy atom. The number of hydrogen-bond acceptors (Lipinski definition) is 4. The Bertz CT molecular complexity index is 712. The third kappa shape index (κ3) is 2.53.